The summed E-state index contributed by atoms with van der Waals surface area (Å²) >= 11 is 0.685. The molecule has 1 aromatic heterocycles. The zero-order valence-electron chi connectivity index (χ0n) is 15.5. The van der Waals surface area contributed by atoms with E-state index in [1.54, 1.807) is 0 Å². The first-order valence-electron chi connectivity index (χ1n) is 9.10. The Hall–Kier alpha value is -1.72. The van der Waals surface area contributed by atoms with Crippen LogP contribution in [0.25, 0.3) is 0 Å². The van der Waals surface area contributed by atoms with Crippen molar-refractivity contribution < 1.29 is 27.9 Å². The van der Waals surface area contributed by atoms with Crippen LogP contribution in [0.15, 0.2) is 5.38 Å². The number of hydrogen-bond acceptors (Lipinski definition) is 6. The average molecular weight is 420 g/mol. The molecule has 0 bridgehead atoms. The number of aryl methyl sites for hydroxylation is 1. The van der Waals surface area contributed by atoms with Crippen LogP contribution in [0, 0.1) is 6.92 Å². The molecule has 2 N–H and O–H groups in total. The quantitative estimate of drug-likeness (QED) is 0.718. The Labute approximate surface area is 164 Å². The highest BCUT2D eigenvalue weighted by atomic mass is 32.1. The van der Waals surface area contributed by atoms with Crippen LogP contribution < -0.4 is 5.32 Å². The molecule has 2 fully saturated rings. The monoisotopic (exact) mass is 420 g/mol. The summed E-state index contributed by atoms with van der Waals surface area (Å²) in [5.41, 5.74) is -2.95. The number of piperazine rings is 1. The van der Waals surface area contributed by atoms with E-state index in [0.717, 1.165) is 12.8 Å². The van der Waals surface area contributed by atoms with Crippen LogP contribution in [-0.2, 0) is 15.2 Å². The molecule has 2 amide bonds. The van der Waals surface area contributed by atoms with Gasteiger partial charge >= 0.3 is 6.18 Å². The van der Waals surface area contributed by atoms with Crippen LogP contribution >= 0.6 is 11.3 Å². The summed E-state index contributed by atoms with van der Waals surface area (Å²) < 4.78 is 40.6. The molecule has 2 aliphatic rings. The Kier molecular flexibility index (Phi) is 5.97. The standard InChI is InChI=1S/C17H23F3N4O3S/c1-11-10-28-15(21-11)16(27,17(18,19)20)8-14(26)24-6-4-23(5-7-24)9-13(25)22-12-2-3-12/h10,12,27H,2-9H2,1H3,(H,22,25). The minimum Gasteiger partial charge on any atom is -0.374 e. The van der Waals surface area contributed by atoms with Gasteiger partial charge < -0.3 is 15.3 Å². The van der Waals surface area contributed by atoms with Gasteiger partial charge in [-0.2, -0.15) is 13.2 Å². The molecule has 0 radical (unpaired) electrons. The molecular formula is C17H23F3N4O3S. The molecule has 1 aliphatic heterocycles. The van der Waals surface area contributed by atoms with Gasteiger partial charge in [-0.15, -0.1) is 11.3 Å². The molecule has 7 nitrogen and oxygen atoms in total. The van der Waals surface area contributed by atoms with E-state index in [0.29, 0.717) is 30.1 Å². The Morgan fingerprint density at radius 3 is 2.43 bits per heavy atom. The van der Waals surface area contributed by atoms with Crippen molar-refractivity contribution in [1.29, 1.82) is 0 Å². The van der Waals surface area contributed by atoms with Gasteiger partial charge in [-0.05, 0) is 19.8 Å². The van der Waals surface area contributed by atoms with Crippen molar-refractivity contribution in [3.63, 3.8) is 0 Å². The number of carbonyl (C=O) groups is 2. The fourth-order valence-corrected chi connectivity index (χ4v) is 3.95. The Morgan fingerprint density at radius 2 is 1.93 bits per heavy atom. The van der Waals surface area contributed by atoms with Crippen molar-refractivity contribution in [2.75, 3.05) is 32.7 Å². The summed E-state index contributed by atoms with van der Waals surface area (Å²) in [6.07, 6.45) is -4.13. The summed E-state index contributed by atoms with van der Waals surface area (Å²) in [6.45, 7) is 2.94. The molecule has 3 rings (SSSR count). The molecule has 1 aliphatic carbocycles. The topological polar surface area (TPSA) is 85.8 Å². The summed E-state index contributed by atoms with van der Waals surface area (Å²) in [6, 6.07) is 0.268. The molecule has 1 unspecified atom stereocenters. The van der Waals surface area contributed by atoms with Crippen molar-refractivity contribution in [3.8, 4) is 0 Å². The number of aromatic nitrogens is 1. The van der Waals surface area contributed by atoms with Gasteiger partial charge in [-0.3, -0.25) is 14.5 Å². The molecule has 2 heterocycles. The van der Waals surface area contributed by atoms with Gasteiger partial charge in [0.25, 0.3) is 0 Å². The van der Waals surface area contributed by atoms with Crippen molar-refractivity contribution in [2.24, 2.45) is 0 Å². The summed E-state index contributed by atoms with van der Waals surface area (Å²) in [7, 11) is 0. The van der Waals surface area contributed by atoms with E-state index in [-0.39, 0.29) is 31.6 Å². The number of alkyl halides is 3. The molecule has 1 aromatic rings. The van der Waals surface area contributed by atoms with Crippen LogP contribution in [0.2, 0.25) is 0 Å². The fraction of sp³-hybridized carbons (Fsp3) is 0.706. The number of nitrogens with zero attached hydrogens (tertiary/aromatic N) is 3. The molecule has 28 heavy (non-hydrogen) atoms. The van der Waals surface area contributed by atoms with Crippen LogP contribution in [0.4, 0.5) is 13.2 Å². The number of amides is 2. The number of carbonyl (C=O) groups excluding carboxylic acids is 2. The van der Waals surface area contributed by atoms with Gasteiger partial charge in [0.05, 0.1) is 13.0 Å². The minimum atomic E-state index is -5.02. The van der Waals surface area contributed by atoms with E-state index in [1.165, 1.54) is 17.2 Å². The highest BCUT2D eigenvalue weighted by Gasteiger charge is 2.58. The Balaban J connectivity index is 1.57. The Bertz CT molecular complexity index is 729. The second-order valence-corrected chi connectivity index (χ2v) is 8.19. The van der Waals surface area contributed by atoms with Crippen molar-refractivity contribution in [2.45, 2.75) is 44.0 Å². The van der Waals surface area contributed by atoms with Crippen molar-refractivity contribution in [1.82, 2.24) is 20.1 Å². The molecule has 11 heteroatoms. The van der Waals surface area contributed by atoms with Crippen LogP contribution in [0.5, 0.6) is 0 Å². The van der Waals surface area contributed by atoms with E-state index in [4.69, 9.17) is 0 Å². The molecule has 156 valence electrons. The van der Waals surface area contributed by atoms with Gasteiger partial charge in [0.1, 0.15) is 5.01 Å². The third kappa shape index (κ3) is 4.81. The van der Waals surface area contributed by atoms with Gasteiger partial charge in [0.2, 0.25) is 17.4 Å². The van der Waals surface area contributed by atoms with Gasteiger partial charge in [-0.1, -0.05) is 0 Å². The van der Waals surface area contributed by atoms with Crippen molar-refractivity contribution >= 4 is 23.2 Å². The van der Waals surface area contributed by atoms with Crippen molar-refractivity contribution in [3.05, 3.63) is 16.1 Å². The highest BCUT2D eigenvalue weighted by Crippen LogP contribution is 2.43. The van der Waals surface area contributed by atoms with E-state index >= 15 is 0 Å². The van der Waals surface area contributed by atoms with Gasteiger partial charge in [-0.25, -0.2) is 4.98 Å². The number of thiazole rings is 1. The zero-order chi connectivity index (χ0) is 20.5. The summed E-state index contributed by atoms with van der Waals surface area (Å²) in [4.78, 5) is 31.2. The highest BCUT2D eigenvalue weighted by molar-refractivity contribution is 7.09. The maximum atomic E-state index is 13.5. The first-order chi connectivity index (χ1) is 13.1. The normalized spacial score (nSPS) is 20.7. The van der Waals surface area contributed by atoms with Gasteiger partial charge in [0, 0.05) is 43.3 Å². The second-order valence-electron chi connectivity index (χ2n) is 7.33. The first kappa shape index (κ1) is 21.0. The number of aliphatic hydroxyl groups is 1. The number of nitrogens with one attached hydrogen (secondary N) is 1. The molecule has 1 atom stereocenters. The van der Waals surface area contributed by atoms with Crippen LogP contribution in [0.1, 0.15) is 30.0 Å². The zero-order valence-corrected chi connectivity index (χ0v) is 16.3. The molecule has 0 aromatic carbocycles. The van der Waals surface area contributed by atoms with Crippen LogP contribution in [0.3, 0.4) is 0 Å². The fourth-order valence-electron chi connectivity index (χ4n) is 3.03. The second kappa shape index (κ2) is 7.96. The minimum absolute atomic E-state index is 0.0761. The van der Waals surface area contributed by atoms with Gasteiger partial charge in [0.15, 0.2) is 0 Å². The largest absolute Gasteiger partial charge is 0.424 e. The lowest BCUT2D eigenvalue weighted by atomic mass is 9.98. The lowest BCUT2D eigenvalue weighted by molar-refractivity contribution is -0.268. The SMILES string of the molecule is Cc1csc(C(O)(CC(=O)N2CCN(CC(=O)NC3CC3)CC2)C(F)(F)F)n1. The number of hydrogen-bond donors (Lipinski definition) is 2. The lowest BCUT2D eigenvalue weighted by Crippen LogP contribution is -2.53. The van der Waals surface area contributed by atoms with Crippen LogP contribution in [-0.4, -0.2) is 76.6 Å². The smallest absolute Gasteiger partial charge is 0.374 e. The first-order valence-corrected chi connectivity index (χ1v) is 9.97. The number of rotatable bonds is 6. The predicted molar refractivity (Wildman–Crippen MR) is 95.6 cm³/mol. The Morgan fingerprint density at radius 1 is 1.29 bits per heavy atom. The predicted octanol–water partition coefficient (Wildman–Crippen LogP) is 1.01. The third-order valence-corrected chi connectivity index (χ3v) is 5.99. The molecule has 0 spiro atoms. The maximum Gasteiger partial charge on any atom is 0.424 e. The van der Waals surface area contributed by atoms with E-state index < -0.39 is 29.1 Å². The third-order valence-electron chi connectivity index (χ3n) is 4.88. The summed E-state index contributed by atoms with van der Waals surface area (Å²) in [5, 5.41) is 14.1. The molecule has 1 saturated heterocycles. The van der Waals surface area contributed by atoms with E-state index in [1.807, 2.05) is 4.90 Å². The van der Waals surface area contributed by atoms with E-state index in [2.05, 4.69) is 10.3 Å². The number of halogens is 3. The van der Waals surface area contributed by atoms with E-state index in [9.17, 15) is 27.9 Å². The average Bonchev–Trinajstić information content (AvgIpc) is 3.30. The lowest BCUT2D eigenvalue weighted by Gasteiger charge is -2.36. The summed E-state index contributed by atoms with van der Waals surface area (Å²) in [5.74, 6) is -0.859. The maximum absolute atomic E-state index is 13.5. The molecule has 1 saturated carbocycles. The molecular weight excluding hydrogens is 397 g/mol.